The van der Waals surface area contributed by atoms with Gasteiger partial charge in [-0.15, -0.1) is 0 Å². The van der Waals surface area contributed by atoms with Crippen LogP contribution in [0, 0.1) is 6.92 Å². The van der Waals surface area contributed by atoms with Gasteiger partial charge in [0.1, 0.15) is 4.99 Å². The van der Waals surface area contributed by atoms with Crippen LogP contribution in [0.3, 0.4) is 0 Å². The molecule has 0 fully saturated rings. The number of nitrogens with zero attached hydrogens (tertiary/aromatic N) is 3. The van der Waals surface area contributed by atoms with E-state index < -0.39 is 0 Å². The first-order valence-electron chi connectivity index (χ1n) is 6.50. The fourth-order valence-electron chi connectivity index (χ4n) is 2.51. The maximum absolute atomic E-state index is 5.84. The van der Waals surface area contributed by atoms with Crippen LogP contribution in [-0.4, -0.2) is 19.8 Å². The largest absolute Gasteiger partial charge is 0.389 e. The maximum atomic E-state index is 5.84. The van der Waals surface area contributed by atoms with E-state index in [2.05, 4.69) is 11.2 Å². The summed E-state index contributed by atoms with van der Waals surface area (Å²) in [6, 6.07) is 4.04. The number of thiocarbonyl (C=S) groups is 1. The minimum Gasteiger partial charge on any atom is -0.389 e. The monoisotopic (exact) mass is 272 g/mol. The van der Waals surface area contributed by atoms with Gasteiger partial charge in [-0.05, 0) is 50.3 Å². The molecule has 0 aliphatic heterocycles. The Morgan fingerprint density at radius 2 is 2.16 bits per heavy atom. The van der Waals surface area contributed by atoms with Crippen LogP contribution in [0.5, 0.6) is 0 Å². The molecule has 1 aliphatic rings. The Hall–Kier alpha value is -1.75. The average molecular weight is 272 g/mol. The third-order valence-electron chi connectivity index (χ3n) is 3.49. The van der Waals surface area contributed by atoms with E-state index in [9.17, 15) is 0 Å². The number of aromatic nitrogens is 3. The Balaban J connectivity index is 2.18. The SMILES string of the molecule is Cc1ccn(-c2nc3c(cc2C(N)=S)CCCC3)n1. The van der Waals surface area contributed by atoms with Crippen LogP contribution in [0.4, 0.5) is 0 Å². The van der Waals surface area contributed by atoms with E-state index in [1.165, 1.54) is 18.4 Å². The summed E-state index contributed by atoms with van der Waals surface area (Å²) >= 11 is 5.16. The molecule has 3 rings (SSSR count). The lowest BCUT2D eigenvalue weighted by Crippen LogP contribution is -2.18. The molecular formula is C14H16N4S. The number of aryl methyl sites for hydroxylation is 3. The van der Waals surface area contributed by atoms with Gasteiger partial charge in [0.15, 0.2) is 5.82 Å². The molecular weight excluding hydrogens is 256 g/mol. The number of hydrogen-bond donors (Lipinski definition) is 1. The van der Waals surface area contributed by atoms with E-state index in [0.29, 0.717) is 4.99 Å². The second-order valence-corrected chi connectivity index (χ2v) is 5.38. The third kappa shape index (κ3) is 2.26. The van der Waals surface area contributed by atoms with E-state index in [1.807, 2.05) is 19.2 Å². The van der Waals surface area contributed by atoms with Crippen molar-refractivity contribution in [1.29, 1.82) is 0 Å². The van der Waals surface area contributed by atoms with E-state index in [1.54, 1.807) is 4.68 Å². The van der Waals surface area contributed by atoms with Crippen molar-refractivity contribution in [3.05, 3.63) is 40.8 Å². The quantitative estimate of drug-likeness (QED) is 0.851. The van der Waals surface area contributed by atoms with Crippen molar-refractivity contribution in [3.63, 3.8) is 0 Å². The van der Waals surface area contributed by atoms with Crippen molar-refractivity contribution in [2.24, 2.45) is 5.73 Å². The number of rotatable bonds is 2. The molecule has 0 bridgehead atoms. The molecule has 0 radical (unpaired) electrons. The van der Waals surface area contributed by atoms with Crippen LogP contribution in [0.25, 0.3) is 5.82 Å². The lowest BCUT2D eigenvalue weighted by atomic mass is 9.94. The third-order valence-corrected chi connectivity index (χ3v) is 3.71. The molecule has 0 amide bonds. The van der Waals surface area contributed by atoms with Gasteiger partial charge in [-0.2, -0.15) is 5.10 Å². The highest BCUT2D eigenvalue weighted by atomic mass is 32.1. The van der Waals surface area contributed by atoms with Crippen molar-refractivity contribution in [2.45, 2.75) is 32.6 Å². The Kier molecular flexibility index (Phi) is 3.06. The van der Waals surface area contributed by atoms with Crippen molar-refractivity contribution < 1.29 is 0 Å². The van der Waals surface area contributed by atoms with Gasteiger partial charge in [-0.25, -0.2) is 9.67 Å². The molecule has 0 spiro atoms. The van der Waals surface area contributed by atoms with Crippen LogP contribution in [0.1, 0.15) is 35.4 Å². The smallest absolute Gasteiger partial charge is 0.163 e. The van der Waals surface area contributed by atoms with Crippen LogP contribution >= 0.6 is 12.2 Å². The first-order valence-corrected chi connectivity index (χ1v) is 6.91. The number of nitrogens with two attached hydrogens (primary N) is 1. The summed E-state index contributed by atoms with van der Waals surface area (Å²) in [4.78, 5) is 5.13. The fourth-order valence-corrected chi connectivity index (χ4v) is 2.66. The summed E-state index contributed by atoms with van der Waals surface area (Å²) in [5.41, 5.74) is 10.1. The van der Waals surface area contributed by atoms with Crippen molar-refractivity contribution in [1.82, 2.24) is 14.8 Å². The van der Waals surface area contributed by atoms with Crippen LogP contribution in [-0.2, 0) is 12.8 Å². The van der Waals surface area contributed by atoms with Crippen LogP contribution < -0.4 is 5.73 Å². The van der Waals surface area contributed by atoms with Crippen molar-refractivity contribution >= 4 is 17.2 Å². The Bertz CT molecular complexity index is 645. The number of pyridine rings is 1. The molecule has 1 aliphatic carbocycles. The van der Waals surface area contributed by atoms with E-state index in [-0.39, 0.29) is 0 Å². The molecule has 0 unspecified atom stereocenters. The van der Waals surface area contributed by atoms with Gasteiger partial charge in [-0.3, -0.25) is 0 Å². The molecule has 0 saturated heterocycles. The highest BCUT2D eigenvalue weighted by Gasteiger charge is 2.17. The number of fused-ring (bicyclic) bond motifs is 1. The molecule has 0 atom stereocenters. The Morgan fingerprint density at radius 3 is 2.84 bits per heavy atom. The highest BCUT2D eigenvalue weighted by molar-refractivity contribution is 7.80. The topological polar surface area (TPSA) is 56.7 Å². The summed E-state index contributed by atoms with van der Waals surface area (Å²) in [7, 11) is 0. The van der Waals surface area contributed by atoms with Crippen molar-refractivity contribution in [3.8, 4) is 5.82 Å². The molecule has 98 valence electrons. The highest BCUT2D eigenvalue weighted by Crippen LogP contribution is 2.24. The molecule has 2 heterocycles. The lowest BCUT2D eigenvalue weighted by Gasteiger charge is -2.18. The van der Waals surface area contributed by atoms with Crippen molar-refractivity contribution in [2.75, 3.05) is 0 Å². The molecule has 0 aromatic carbocycles. The molecule has 2 aromatic rings. The Morgan fingerprint density at radius 1 is 1.37 bits per heavy atom. The lowest BCUT2D eigenvalue weighted by molar-refractivity contribution is 0.661. The molecule has 19 heavy (non-hydrogen) atoms. The molecule has 5 heteroatoms. The van der Waals surface area contributed by atoms with E-state index >= 15 is 0 Å². The summed E-state index contributed by atoms with van der Waals surface area (Å²) in [6.45, 7) is 1.95. The van der Waals surface area contributed by atoms with Gasteiger partial charge in [0.25, 0.3) is 0 Å². The minimum absolute atomic E-state index is 0.379. The first kappa shape index (κ1) is 12.3. The summed E-state index contributed by atoms with van der Waals surface area (Å²) < 4.78 is 1.76. The molecule has 2 aromatic heterocycles. The zero-order valence-electron chi connectivity index (χ0n) is 10.9. The van der Waals surface area contributed by atoms with E-state index in [0.717, 1.165) is 35.6 Å². The summed E-state index contributed by atoms with van der Waals surface area (Å²) in [5.74, 6) is 0.751. The first-order chi connectivity index (χ1) is 9.15. The second-order valence-electron chi connectivity index (χ2n) is 4.94. The number of hydrogen-bond acceptors (Lipinski definition) is 3. The van der Waals surface area contributed by atoms with Gasteiger partial charge in [-0.1, -0.05) is 12.2 Å². The maximum Gasteiger partial charge on any atom is 0.163 e. The zero-order valence-corrected chi connectivity index (χ0v) is 11.7. The van der Waals surface area contributed by atoms with Gasteiger partial charge in [0.05, 0.1) is 11.3 Å². The van der Waals surface area contributed by atoms with Crippen LogP contribution in [0.2, 0.25) is 0 Å². The predicted molar refractivity (Wildman–Crippen MR) is 78.6 cm³/mol. The molecule has 2 N–H and O–H groups in total. The Labute approximate surface area is 117 Å². The normalized spacial score (nSPS) is 14.2. The predicted octanol–water partition coefficient (Wildman–Crippen LogP) is 2.09. The molecule has 4 nitrogen and oxygen atoms in total. The summed E-state index contributed by atoms with van der Waals surface area (Å²) in [5, 5.41) is 4.41. The van der Waals surface area contributed by atoms with Gasteiger partial charge < -0.3 is 5.73 Å². The standard InChI is InChI=1S/C14H16N4S/c1-9-6-7-18(17-9)14-11(13(15)19)8-10-4-2-3-5-12(10)16-14/h6-8H,2-5H2,1H3,(H2,15,19). The van der Waals surface area contributed by atoms with Gasteiger partial charge in [0.2, 0.25) is 0 Å². The zero-order chi connectivity index (χ0) is 13.4. The van der Waals surface area contributed by atoms with Crippen LogP contribution in [0.15, 0.2) is 18.3 Å². The summed E-state index contributed by atoms with van der Waals surface area (Å²) in [6.07, 6.45) is 6.40. The van der Waals surface area contributed by atoms with Gasteiger partial charge in [0, 0.05) is 11.9 Å². The average Bonchev–Trinajstić information content (AvgIpc) is 2.83. The van der Waals surface area contributed by atoms with Gasteiger partial charge >= 0.3 is 0 Å². The molecule has 0 saturated carbocycles. The van der Waals surface area contributed by atoms with E-state index in [4.69, 9.17) is 22.9 Å². The second kappa shape index (κ2) is 4.74. The fraction of sp³-hybridized carbons (Fsp3) is 0.357. The minimum atomic E-state index is 0.379.